The molecule has 2 heterocycles. The Morgan fingerprint density at radius 3 is 3.00 bits per heavy atom. The molecule has 1 fully saturated rings. The van der Waals surface area contributed by atoms with Crippen LogP contribution in [0, 0.1) is 5.92 Å². The number of amides is 1. The van der Waals surface area contributed by atoms with E-state index in [9.17, 15) is 4.79 Å². The van der Waals surface area contributed by atoms with E-state index >= 15 is 0 Å². The molecule has 100 valence electrons. The van der Waals surface area contributed by atoms with Gasteiger partial charge in [-0.1, -0.05) is 6.92 Å². The minimum absolute atomic E-state index is 0.269. The minimum atomic E-state index is -0.388. The lowest BCUT2D eigenvalue weighted by atomic mass is 9.95. The van der Waals surface area contributed by atoms with Gasteiger partial charge >= 0.3 is 5.91 Å². The quantitative estimate of drug-likeness (QED) is 0.485. The Balaban J connectivity index is 2.00. The molecule has 1 saturated heterocycles. The predicted octanol–water partition coefficient (Wildman–Crippen LogP) is 1.50. The number of carbonyl (C=O) groups is 1. The van der Waals surface area contributed by atoms with Crippen molar-refractivity contribution < 1.29 is 9.21 Å². The van der Waals surface area contributed by atoms with Gasteiger partial charge in [-0.25, -0.2) is 5.84 Å². The molecule has 1 aromatic rings. The normalized spacial score (nSPS) is 25.1. The van der Waals surface area contributed by atoms with E-state index in [0.717, 1.165) is 24.8 Å². The number of carbonyl (C=O) groups excluding carboxylic acids is 1. The number of nitrogen functional groups attached to an aromatic ring is 1. The maximum absolute atomic E-state index is 11.3. The fourth-order valence-corrected chi connectivity index (χ4v) is 2.46. The topological polar surface area (TPSA) is 71.5 Å². The van der Waals surface area contributed by atoms with Crippen LogP contribution in [0.25, 0.3) is 0 Å². The summed E-state index contributed by atoms with van der Waals surface area (Å²) in [4.78, 5) is 13.7. The van der Waals surface area contributed by atoms with Gasteiger partial charge in [0.2, 0.25) is 0 Å². The molecule has 0 saturated carbocycles. The Labute approximate surface area is 107 Å². The monoisotopic (exact) mass is 251 g/mol. The van der Waals surface area contributed by atoms with Gasteiger partial charge in [0.15, 0.2) is 5.76 Å². The summed E-state index contributed by atoms with van der Waals surface area (Å²) in [5, 5.41) is 0. The zero-order chi connectivity index (χ0) is 13.1. The largest absolute Gasteiger partial charge is 0.455 e. The smallest absolute Gasteiger partial charge is 0.300 e. The zero-order valence-corrected chi connectivity index (χ0v) is 11.0. The Morgan fingerprint density at radius 1 is 1.50 bits per heavy atom. The van der Waals surface area contributed by atoms with Gasteiger partial charge in [0.25, 0.3) is 0 Å². The van der Waals surface area contributed by atoms with Crippen molar-refractivity contribution in [2.75, 3.05) is 6.54 Å². The third-order valence-corrected chi connectivity index (χ3v) is 3.62. The van der Waals surface area contributed by atoms with Gasteiger partial charge in [-0.3, -0.25) is 15.1 Å². The number of piperidine rings is 1. The van der Waals surface area contributed by atoms with Crippen LogP contribution in [-0.2, 0) is 6.54 Å². The summed E-state index contributed by atoms with van der Waals surface area (Å²) in [6, 6.07) is 4.07. The second kappa shape index (κ2) is 5.54. The third kappa shape index (κ3) is 2.91. The number of hydrogen-bond acceptors (Lipinski definition) is 4. The molecule has 1 amide bonds. The van der Waals surface area contributed by atoms with Crippen molar-refractivity contribution >= 4 is 5.91 Å². The van der Waals surface area contributed by atoms with Gasteiger partial charge in [-0.15, -0.1) is 0 Å². The lowest BCUT2D eigenvalue weighted by Crippen LogP contribution is -2.40. The number of rotatable bonds is 3. The number of nitrogens with zero attached hydrogens (tertiary/aromatic N) is 1. The molecule has 2 atom stereocenters. The highest BCUT2D eigenvalue weighted by molar-refractivity contribution is 5.90. The highest BCUT2D eigenvalue weighted by atomic mass is 16.4. The second-order valence-corrected chi connectivity index (χ2v) is 5.20. The van der Waals surface area contributed by atoms with E-state index in [0.29, 0.717) is 6.04 Å². The third-order valence-electron chi connectivity index (χ3n) is 3.62. The molecular formula is C13H21N3O2. The van der Waals surface area contributed by atoms with E-state index < -0.39 is 0 Å². The first-order valence-electron chi connectivity index (χ1n) is 6.44. The summed E-state index contributed by atoms with van der Waals surface area (Å²) >= 11 is 0. The predicted molar refractivity (Wildman–Crippen MR) is 68.6 cm³/mol. The first kappa shape index (κ1) is 13.1. The second-order valence-electron chi connectivity index (χ2n) is 5.20. The number of nitrogens with two attached hydrogens (primary N) is 1. The van der Waals surface area contributed by atoms with Crippen LogP contribution in [0.15, 0.2) is 16.5 Å². The highest BCUT2D eigenvalue weighted by Gasteiger charge is 2.23. The van der Waals surface area contributed by atoms with E-state index in [1.165, 1.54) is 12.8 Å². The summed E-state index contributed by atoms with van der Waals surface area (Å²) in [7, 11) is 0. The van der Waals surface area contributed by atoms with Crippen molar-refractivity contribution in [3.8, 4) is 0 Å². The number of furan rings is 1. The molecule has 3 N–H and O–H groups in total. The lowest BCUT2D eigenvalue weighted by molar-refractivity contribution is 0.0907. The molecule has 2 rings (SSSR count). The molecule has 2 unspecified atom stereocenters. The molecule has 1 aliphatic rings. The standard InChI is InChI=1S/C13H21N3O2/c1-9-3-4-10(2)16(7-9)8-11-5-6-12(18-11)13(17)15-14/h5-6,9-10H,3-4,7-8,14H2,1-2H3,(H,15,17). The van der Waals surface area contributed by atoms with E-state index in [-0.39, 0.29) is 11.7 Å². The summed E-state index contributed by atoms with van der Waals surface area (Å²) < 4.78 is 5.49. The van der Waals surface area contributed by atoms with E-state index in [2.05, 4.69) is 24.2 Å². The van der Waals surface area contributed by atoms with Crippen LogP contribution in [0.1, 0.15) is 43.0 Å². The van der Waals surface area contributed by atoms with Crippen LogP contribution in [0.5, 0.6) is 0 Å². The van der Waals surface area contributed by atoms with Crippen molar-refractivity contribution in [2.24, 2.45) is 11.8 Å². The maximum atomic E-state index is 11.3. The van der Waals surface area contributed by atoms with Gasteiger partial charge in [0, 0.05) is 12.6 Å². The Hall–Kier alpha value is -1.33. The van der Waals surface area contributed by atoms with Crippen LogP contribution in [0.4, 0.5) is 0 Å². The van der Waals surface area contributed by atoms with E-state index in [1.807, 2.05) is 6.07 Å². The van der Waals surface area contributed by atoms with Crippen molar-refractivity contribution in [3.05, 3.63) is 23.7 Å². The van der Waals surface area contributed by atoms with Crippen LogP contribution < -0.4 is 11.3 Å². The average molecular weight is 251 g/mol. The maximum Gasteiger partial charge on any atom is 0.300 e. The van der Waals surface area contributed by atoms with E-state index in [4.69, 9.17) is 10.3 Å². The van der Waals surface area contributed by atoms with Crippen LogP contribution in [0.2, 0.25) is 0 Å². The molecule has 1 aliphatic heterocycles. The van der Waals surface area contributed by atoms with E-state index in [1.54, 1.807) is 6.07 Å². The van der Waals surface area contributed by atoms with Gasteiger partial charge in [0.05, 0.1) is 6.54 Å². The first-order chi connectivity index (χ1) is 8.60. The molecule has 18 heavy (non-hydrogen) atoms. The van der Waals surface area contributed by atoms with Gasteiger partial charge in [-0.2, -0.15) is 0 Å². The summed E-state index contributed by atoms with van der Waals surface area (Å²) in [5.41, 5.74) is 2.07. The molecule has 1 aromatic heterocycles. The molecule has 5 heteroatoms. The fourth-order valence-electron chi connectivity index (χ4n) is 2.46. The Bertz CT molecular complexity index is 416. The molecule has 0 aliphatic carbocycles. The Kier molecular flexibility index (Phi) is 4.04. The van der Waals surface area contributed by atoms with Crippen molar-refractivity contribution in [1.29, 1.82) is 0 Å². The number of hydrogen-bond donors (Lipinski definition) is 2. The highest BCUT2D eigenvalue weighted by Crippen LogP contribution is 2.23. The van der Waals surface area contributed by atoms with Gasteiger partial charge in [0.1, 0.15) is 5.76 Å². The summed E-state index contributed by atoms with van der Waals surface area (Å²) in [5.74, 6) is 6.49. The molecular weight excluding hydrogens is 230 g/mol. The first-order valence-corrected chi connectivity index (χ1v) is 6.44. The number of likely N-dealkylation sites (tertiary alicyclic amines) is 1. The van der Waals surface area contributed by atoms with Crippen LogP contribution >= 0.6 is 0 Å². The summed E-state index contributed by atoms with van der Waals surface area (Å²) in [6.45, 7) is 6.35. The van der Waals surface area contributed by atoms with Gasteiger partial charge < -0.3 is 4.42 Å². The SMILES string of the molecule is CC1CCC(C)N(Cc2ccc(C(=O)NN)o2)C1. The minimum Gasteiger partial charge on any atom is -0.455 e. The molecule has 0 radical (unpaired) electrons. The van der Waals surface area contributed by atoms with Gasteiger partial charge in [-0.05, 0) is 37.8 Å². The van der Waals surface area contributed by atoms with Crippen molar-refractivity contribution in [1.82, 2.24) is 10.3 Å². The molecule has 0 bridgehead atoms. The number of hydrazine groups is 1. The van der Waals surface area contributed by atoms with Crippen LogP contribution in [-0.4, -0.2) is 23.4 Å². The fraction of sp³-hybridized carbons (Fsp3) is 0.615. The molecule has 0 aromatic carbocycles. The Morgan fingerprint density at radius 2 is 2.28 bits per heavy atom. The van der Waals surface area contributed by atoms with Crippen molar-refractivity contribution in [3.63, 3.8) is 0 Å². The molecule has 5 nitrogen and oxygen atoms in total. The summed E-state index contributed by atoms with van der Waals surface area (Å²) in [6.07, 6.45) is 2.51. The zero-order valence-electron chi connectivity index (χ0n) is 11.0. The molecule has 0 spiro atoms. The van der Waals surface area contributed by atoms with Crippen LogP contribution in [0.3, 0.4) is 0 Å². The lowest BCUT2D eigenvalue weighted by Gasteiger charge is -2.36. The average Bonchev–Trinajstić information content (AvgIpc) is 2.81. The van der Waals surface area contributed by atoms with Crippen molar-refractivity contribution in [2.45, 2.75) is 39.3 Å². The number of nitrogens with one attached hydrogen (secondary N) is 1.